The van der Waals surface area contributed by atoms with Crippen molar-refractivity contribution in [1.29, 1.82) is 0 Å². The molecule has 0 aromatic carbocycles. The van der Waals surface area contributed by atoms with Crippen LogP contribution in [-0.4, -0.2) is 31.7 Å². The van der Waals surface area contributed by atoms with E-state index < -0.39 is 31.7 Å². The van der Waals surface area contributed by atoms with Crippen LogP contribution in [0.15, 0.2) is 0 Å². The molecule has 0 heterocycles. The van der Waals surface area contributed by atoms with E-state index in [0.29, 0.717) is 13.8 Å². The molecule has 0 aromatic rings. The average molecular weight is 286 g/mol. The zero-order chi connectivity index (χ0) is 15.4. The summed E-state index contributed by atoms with van der Waals surface area (Å²) in [7, 11) is 0. The lowest BCUT2D eigenvalue weighted by Gasteiger charge is -2.32. The van der Waals surface area contributed by atoms with Crippen molar-refractivity contribution in [3.63, 3.8) is 0 Å². The minimum Gasteiger partial charge on any atom is -0.264 e. The molecule has 0 N–H and O–H groups in total. The molecule has 0 amide bonds. The molecule has 0 unspecified atom stereocenters. The molecule has 19 heavy (non-hydrogen) atoms. The van der Waals surface area contributed by atoms with Gasteiger partial charge in [0.1, 0.15) is 0 Å². The number of nitrogens with zero attached hydrogens (tertiary/aromatic N) is 4. The Morgan fingerprint density at radius 1 is 0.737 bits per heavy atom. The van der Waals surface area contributed by atoms with Crippen molar-refractivity contribution >= 4 is 0 Å². The second kappa shape index (κ2) is 5.10. The van der Waals surface area contributed by atoms with Gasteiger partial charge in [0, 0.05) is 18.8 Å². The molecule has 0 aliphatic carbocycles. The van der Waals surface area contributed by atoms with Gasteiger partial charge in [-0.1, -0.05) is 0 Å². The molecule has 0 aromatic heterocycles. The van der Waals surface area contributed by atoms with Crippen molar-refractivity contribution < 1.29 is 34.7 Å². The van der Waals surface area contributed by atoms with Crippen LogP contribution in [0.25, 0.3) is 0 Å². The molecule has 0 saturated carbocycles. The highest BCUT2D eigenvalue weighted by atomic mass is 17.2. The van der Waals surface area contributed by atoms with Crippen LogP contribution in [-0.2, 0) is 14.5 Å². The van der Waals surface area contributed by atoms with Gasteiger partial charge in [-0.15, -0.1) is 30.3 Å². The van der Waals surface area contributed by atoms with Crippen molar-refractivity contribution in [3.05, 3.63) is 40.5 Å². The zero-order valence-electron chi connectivity index (χ0n) is 9.28. The quantitative estimate of drug-likeness (QED) is 0.310. The molecule has 0 fully saturated rings. The lowest BCUT2D eigenvalue weighted by atomic mass is 10.0. The Morgan fingerprint density at radius 2 is 1.00 bits per heavy atom. The van der Waals surface area contributed by atoms with E-state index in [4.69, 9.17) is 0 Å². The van der Waals surface area contributed by atoms with Crippen LogP contribution < -0.4 is 0 Å². The summed E-state index contributed by atoms with van der Waals surface area (Å²) in [6.07, 6.45) is 0. The van der Waals surface area contributed by atoms with Gasteiger partial charge in [-0.25, -0.2) is 14.5 Å². The maximum atomic E-state index is 10.7. The predicted molar refractivity (Wildman–Crippen MR) is 48.0 cm³/mol. The van der Waals surface area contributed by atoms with E-state index >= 15 is 0 Å². The third kappa shape index (κ3) is 3.48. The molecular weight excluding hydrogens is 280 g/mol. The number of hydrogen-bond donors (Lipinski definition) is 0. The summed E-state index contributed by atoms with van der Waals surface area (Å²) in [5.74, 6) is -3.81. The van der Waals surface area contributed by atoms with Crippen molar-refractivity contribution in [2.75, 3.05) is 0 Å². The Balaban J connectivity index is 5.85. The third-order valence-corrected chi connectivity index (χ3v) is 1.79. The van der Waals surface area contributed by atoms with E-state index in [0.717, 1.165) is 0 Å². The number of nitro groups is 1. The van der Waals surface area contributed by atoms with Crippen LogP contribution in [0.5, 0.6) is 0 Å². The van der Waals surface area contributed by atoms with E-state index in [2.05, 4.69) is 14.5 Å². The van der Waals surface area contributed by atoms with E-state index in [9.17, 15) is 40.5 Å². The molecule has 0 atom stereocenters. The van der Waals surface area contributed by atoms with Crippen LogP contribution in [0.3, 0.4) is 0 Å². The number of rotatable bonds is 8. The molecule has 108 valence electrons. The second-order valence-corrected chi connectivity index (χ2v) is 3.32. The highest BCUT2D eigenvalue weighted by Crippen LogP contribution is 2.32. The Hall–Kier alpha value is -3.00. The van der Waals surface area contributed by atoms with Gasteiger partial charge >= 0.3 is 5.97 Å². The SMILES string of the molecule is CC(C)([N+](=O)[O-])C(O[N+](=O)[O-])(O[N+](=O)[O-])O[N+](=O)[O-]. The first kappa shape index (κ1) is 16.0. The molecule has 0 bridgehead atoms. The number of hydrogen-bond acceptors (Lipinski definition) is 11. The summed E-state index contributed by atoms with van der Waals surface area (Å²) in [6, 6.07) is 0. The van der Waals surface area contributed by atoms with E-state index in [1.54, 1.807) is 0 Å². The standard InChI is InChI=1S/C4H6N4O11/c1-3(2,5(9)10)4(17-6(11)12,18-7(13)14)19-8(15)16/h1-2H3. The van der Waals surface area contributed by atoms with Crippen LogP contribution in [0, 0.1) is 40.5 Å². The Labute approximate surface area is 102 Å². The highest BCUT2D eigenvalue weighted by Gasteiger charge is 2.66. The van der Waals surface area contributed by atoms with Crippen molar-refractivity contribution in [3.8, 4) is 0 Å². The molecule has 0 spiro atoms. The van der Waals surface area contributed by atoms with Gasteiger partial charge in [0.25, 0.3) is 20.8 Å². The summed E-state index contributed by atoms with van der Waals surface area (Å²) in [4.78, 5) is 50.6. The van der Waals surface area contributed by atoms with Gasteiger partial charge < -0.3 is 0 Å². The molecular formula is C4H6N4O11. The largest absolute Gasteiger partial charge is 0.473 e. The first-order valence-corrected chi connectivity index (χ1v) is 4.09. The molecule has 15 heteroatoms. The summed E-state index contributed by atoms with van der Waals surface area (Å²) >= 11 is 0. The van der Waals surface area contributed by atoms with Crippen LogP contribution in [0.1, 0.15) is 13.8 Å². The van der Waals surface area contributed by atoms with Crippen molar-refractivity contribution in [2.24, 2.45) is 0 Å². The fourth-order valence-corrected chi connectivity index (χ4v) is 0.791. The Kier molecular flexibility index (Phi) is 4.30. The first-order valence-electron chi connectivity index (χ1n) is 4.09. The minimum atomic E-state index is -3.81. The predicted octanol–water partition coefficient (Wildman–Crippen LogP) is -0.680. The summed E-state index contributed by atoms with van der Waals surface area (Å²) in [5.41, 5.74) is -2.86. The fourth-order valence-electron chi connectivity index (χ4n) is 0.791. The molecule has 0 rings (SSSR count). The second-order valence-electron chi connectivity index (χ2n) is 3.32. The molecule has 0 radical (unpaired) electrons. The van der Waals surface area contributed by atoms with E-state index in [-0.39, 0.29) is 0 Å². The maximum absolute atomic E-state index is 10.7. The van der Waals surface area contributed by atoms with Gasteiger partial charge in [-0.2, -0.15) is 0 Å². The lowest BCUT2D eigenvalue weighted by molar-refractivity contribution is -0.974. The van der Waals surface area contributed by atoms with Crippen LogP contribution in [0.2, 0.25) is 0 Å². The zero-order valence-corrected chi connectivity index (χ0v) is 9.28. The normalized spacial score (nSPS) is 11.3. The van der Waals surface area contributed by atoms with E-state index in [1.165, 1.54) is 0 Å². The molecule has 0 aliphatic heterocycles. The van der Waals surface area contributed by atoms with Crippen molar-refractivity contribution in [2.45, 2.75) is 25.4 Å². The maximum Gasteiger partial charge on any atom is 0.473 e. The fraction of sp³-hybridized carbons (Fsp3) is 1.00. The van der Waals surface area contributed by atoms with Gasteiger partial charge in [0.15, 0.2) is 0 Å². The third-order valence-electron chi connectivity index (χ3n) is 1.79. The van der Waals surface area contributed by atoms with E-state index in [1.807, 2.05) is 0 Å². The van der Waals surface area contributed by atoms with Gasteiger partial charge in [-0.3, -0.25) is 10.1 Å². The Morgan fingerprint density at radius 3 is 1.16 bits per heavy atom. The van der Waals surface area contributed by atoms with Crippen LogP contribution in [0.4, 0.5) is 0 Å². The molecule has 15 nitrogen and oxygen atoms in total. The van der Waals surface area contributed by atoms with Gasteiger partial charge in [0.05, 0.1) is 0 Å². The molecule has 0 aliphatic rings. The summed E-state index contributed by atoms with van der Waals surface area (Å²) in [5, 5.41) is 36.0. The van der Waals surface area contributed by atoms with Crippen LogP contribution >= 0.6 is 0 Å². The van der Waals surface area contributed by atoms with Crippen molar-refractivity contribution in [1.82, 2.24) is 0 Å². The Bertz CT molecular complexity index is 376. The monoisotopic (exact) mass is 286 g/mol. The highest BCUT2D eigenvalue weighted by molar-refractivity contribution is 4.78. The van der Waals surface area contributed by atoms with Gasteiger partial charge in [0.2, 0.25) is 0 Å². The van der Waals surface area contributed by atoms with Gasteiger partial charge in [-0.05, 0) is 0 Å². The summed E-state index contributed by atoms with van der Waals surface area (Å²) in [6.45, 7) is 1.06. The average Bonchev–Trinajstić information content (AvgIpc) is 2.12. The summed E-state index contributed by atoms with van der Waals surface area (Å²) < 4.78 is 0. The topological polar surface area (TPSA) is 200 Å². The first-order chi connectivity index (χ1) is 8.44. The molecule has 0 saturated heterocycles. The lowest BCUT2D eigenvalue weighted by Crippen LogP contribution is -2.62. The smallest absolute Gasteiger partial charge is 0.264 e. The minimum absolute atomic E-state index is 0.531.